The molecule has 1 aromatic heterocycles. The predicted molar refractivity (Wildman–Crippen MR) is 70.6 cm³/mol. The van der Waals surface area contributed by atoms with Crippen LogP contribution in [0, 0.1) is 0 Å². The number of hydrogen-bond donors (Lipinski definition) is 1. The first-order valence-corrected chi connectivity index (χ1v) is 7.87. The second-order valence-corrected chi connectivity index (χ2v) is 6.33. The summed E-state index contributed by atoms with van der Waals surface area (Å²) < 4.78 is 27.1. The molecule has 0 spiro atoms. The SMILES string of the molecule is CCOCc1nc(Cl)cc(NCCS(C)(=O)=O)n1. The van der Waals surface area contributed by atoms with Gasteiger partial charge in [0.1, 0.15) is 27.4 Å². The normalized spacial score (nSPS) is 11.5. The van der Waals surface area contributed by atoms with E-state index in [1.165, 1.54) is 6.26 Å². The van der Waals surface area contributed by atoms with Gasteiger partial charge in [-0.05, 0) is 6.92 Å². The quantitative estimate of drug-likeness (QED) is 0.759. The Balaban J connectivity index is 2.62. The summed E-state index contributed by atoms with van der Waals surface area (Å²) in [7, 11) is -2.99. The van der Waals surface area contributed by atoms with E-state index in [0.29, 0.717) is 23.4 Å². The summed E-state index contributed by atoms with van der Waals surface area (Å²) in [4.78, 5) is 8.16. The Morgan fingerprint density at radius 1 is 1.44 bits per heavy atom. The molecule has 0 aliphatic carbocycles. The van der Waals surface area contributed by atoms with Gasteiger partial charge in [0, 0.05) is 25.5 Å². The fourth-order valence-electron chi connectivity index (χ4n) is 1.18. The van der Waals surface area contributed by atoms with Crippen LogP contribution in [0.4, 0.5) is 5.82 Å². The zero-order valence-corrected chi connectivity index (χ0v) is 11.9. The molecule has 1 N–H and O–H groups in total. The van der Waals surface area contributed by atoms with Gasteiger partial charge in [0.05, 0.1) is 5.75 Å². The first-order valence-electron chi connectivity index (χ1n) is 5.43. The molecule has 8 heteroatoms. The largest absolute Gasteiger partial charge is 0.374 e. The molecule has 0 radical (unpaired) electrons. The number of anilines is 1. The third-order valence-corrected chi connectivity index (χ3v) is 3.09. The Hall–Kier alpha value is -0.920. The number of aromatic nitrogens is 2. The number of ether oxygens (including phenoxy) is 1. The number of rotatable bonds is 7. The molecule has 0 fully saturated rings. The third-order valence-electron chi connectivity index (χ3n) is 1.96. The van der Waals surface area contributed by atoms with Crippen LogP contribution in [0.1, 0.15) is 12.7 Å². The van der Waals surface area contributed by atoms with Gasteiger partial charge in [-0.25, -0.2) is 18.4 Å². The molecule has 0 bridgehead atoms. The van der Waals surface area contributed by atoms with Gasteiger partial charge in [-0.2, -0.15) is 0 Å². The highest BCUT2D eigenvalue weighted by molar-refractivity contribution is 7.90. The van der Waals surface area contributed by atoms with Crippen LogP contribution >= 0.6 is 11.6 Å². The number of halogens is 1. The van der Waals surface area contributed by atoms with Gasteiger partial charge >= 0.3 is 0 Å². The van der Waals surface area contributed by atoms with Crippen molar-refractivity contribution >= 4 is 27.3 Å². The summed E-state index contributed by atoms with van der Waals surface area (Å²) in [5.41, 5.74) is 0. The maximum atomic E-state index is 11.0. The average Bonchev–Trinajstić information content (AvgIpc) is 2.24. The van der Waals surface area contributed by atoms with Crippen molar-refractivity contribution in [2.24, 2.45) is 0 Å². The number of sulfone groups is 1. The lowest BCUT2D eigenvalue weighted by Gasteiger charge is -2.07. The van der Waals surface area contributed by atoms with Gasteiger partial charge in [0.15, 0.2) is 5.82 Å². The summed E-state index contributed by atoms with van der Waals surface area (Å²) in [5, 5.41) is 3.18. The lowest BCUT2D eigenvalue weighted by molar-refractivity contribution is 0.128. The molecular formula is C10H16ClN3O3S. The van der Waals surface area contributed by atoms with E-state index in [0.717, 1.165) is 0 Å². The highest BCUT2D eigenvalue weighted by atomic mass is 35.5. The molecule has 0 amide bonds. The lowest BCUT2D eigenvalue weighted by atomic mass is 10.5. The number of hydrogen-bond acceptors (Lipinski definition) is 6. The van der Waals surface area contributed by atoms with Gasteiger partial charge in [-0.1, -0.05) is 11.6 Å². The van der Waals surface area contributed by atoms with E-state index in [1.54, 1.807) is 6.07 Å². The summed E-state index contributed by atoms with van der Waals surface area (Å²) in [6.07, 6.45) is 1.18. The molecule has 1 rings (SSSR count). The van der Waals surface area contributed by atoms with E-state index < -0.39 is 9.84 Å². The summed E-state index contributed by atoms with van der Waals surface area (Å²) in [6.45, 7) is 2.99. The molecule has 0 unspecified atom stereocenters. The molecule has 102 valence electrons. The highest BCUT2D eigenvalue weighted by Gasteiger charge is 2.05. The van der Waals surface area contributed by atoms with Crippen LogP contribution in [0.5, 0.6) is 0 Å². The molecular weight excluding hydrogens is 278 g/mol. The van der Waals surface area contributed by atoms with E-state index in [1.807, 2.05) is 6.92 Å². The van der Waals surface area contributed by atoms with E-state index in [9.17, 15) is 8.42 Å². The van der Waals surface area contributed by atoms with E-state index in [2.05, 4.69) is 15.3 Å². The van der Waals surface area contributed by atoms with Crippen molar-refractivity contribution in [1.82, 2.24) is 9.97 Å². The second kappa shape index (κ2) is 6.86. The van der Waals surface area contributed by atoms with Gasteiger partial charge in [-0.3, -0.25) is 0 Å². The third kappa shape index (κ3) is 6.13. The molecule has 0 saturated carbocycles. The van der Waals surface area contributed by atoms with Crippen LogP contribution < -0.4 is 5.32 Å². The number of nitrogens with one attached hydrogen (secondary N) is 1. The molecule has 0 aliphatic heterocycles. The van der Waals surface area contributed by atoms with Crippen LogP contribution in [0.3, 0.4) is 0 Å². The lowest BCUT2D eigenvalue weighted by Crippen LogP contribution is -2.15. The molecule has 1 heterocycles. The Morgan fingerprint density at radius 2 is 2.17 bits per heavy atom. The smallest absolute Gasteiger partial charge is 0.158 e. The van der Waals surface area contributed by atoms with Gasteiger partial charge < -0.3 is 10.1 Å². The Bertz CT molecular complexity index is 493. The first-order chi connectivity index (χ1) is 8.40. The Labute approximate surface area is 112 Å². The molecule has 0 aromatic carbocycles. The topological polar surface area (TPSA) is 81.2 Å². The van der Waals surface area contributed by atoms with Crippen molar-refractivity contribution in [3.63, 3.8) is 0 Å². The zero-order chi connectivity index (χ0) is 13.6. The van der Waals surface area contributed by atoms with Gasteiger partial charge in [0.2, 0.25) is 0 Å². The predicted octanol–water partition coefficient (Wildman–Crippen LogP) is 1.12. The van der Waals surface area contributed by atoms with Crippen molar-refractivity contribution in [1.29, 1.82) is 0 Å². The summed E-state index contributed by atoms with van der Waals surface area (Å²) in [6, 6.07) is 1.54. The molecule has 1 aromatic rings. The van der Waals surface area contributed by atoms with Crippen molar-refractivity contribution < 1.29 is 13.2 Å². The summed E-state index contributed by atoms with van der Waals surface area (Å²) in [5.74, 6) is 0.995. The van der Waals surface area contributed by atoms with Crippen molar-refractivity contribution in [3.8, 4) is 0 Å². The van der Waals surface area contributed by atoms with Crippen LogP contribution in [-0.2, 0) is 21.2 Å². The van der Waals surface area contributed by atoms with Crippen LogP contribution in [0.15, 0.2) is 6.07 Å². The maximum absolute atomic E-state index is 11.0. The monoisotopic (exact) mass is 293 g/mol. The average molecular weight is 294 g/mol. The maximum Gasteiger partial charge on any atom is 0.158 e. The van der Waals surface area contributed by atoms with Crippen molar-refractivity contribution in [2.75, 3.05) is 30.5 Å². The van der Waals surface area contributed by atoms with Gasteiger partial charge in [0.25, 0.3) is 0 Å². The zero-order valence-electron chi connectivity index (χ0n) is 10.3. The second-order valence-electron chi connectivity index (χ2n) is 3.69. The number of nitrogens with zero attached hydrogens (tertiary/aromatic N) is 2. The Morgan fingerprint density at radius 3 is 2.78 bits per heavy atom. The van der Waals surface area contributed by atoms with Crippen LogP contribution in [0.25, 0.3) is 0 Å². The minimum Gasteiger partial charge on any atom is -0.374 e. The van der Waals surface area contributed by atoms with Gasteiger partial charge in [-0.15, -0.1) is 0 Å². The fraction of sp³-hybridized carbons (Fsp3) is 0.600. The molecule has 0 saturated heterocycles. The highest BCUT2D eigenvalue weighted by Crippen LogP contribution is 2.12. The molecule has 0 atom stereocenters. The van der Waals surface area contributed by atoms with Crippen molar-refractivity contribution in [3.05, 3.63) is 17.0 Å². The summed E-state index contributed by atoms with van der Waals surface area (Å²) >= 11 is 5.83. The molecule has 18 heavy (non-hydrogen) atoms. The Kier molecular flexibility index (Phi) is 5.77. The molecule has 6 nitrogen and oxygen atoms in total. The van der Waals surface area contributed by atoms with E-state index in [-0.39, 0.29) is 18.9 Å². The van der Waals surface area contributed by atoms with E-state index >= 15 is 0 Å². The first kappa shape index (κ1) is 15.1. The standard InChI is InChI=1S/C10H16ClN3O3S/c1-3-17-7-10-13-8(11)6-9(14-10)12-4-5-18(2,15)16/h6H,3-5,7H2,1-2H3,(H,12,13,14). The minimum absolute atomic E-state index is 0.0371. The fourth-order valence-corrected chi connectivity index (χ4v) is 1.85. The van der Waals surface area contributed by atoms with E-state index in [4.69, 9.17) is 16.3 Å². The van der Waals surface area contributed by atoms with Crippen LogP contribution in [0.2, 0.25) is 5.15 Å². The van der Waals surface area contributed by atoms with Crippen molar-refractivity contribution in [2.45, 2.75) is 13.5 Å². The minimum atomic E-state index is -2.99. The molecule has 0 aliphatic rings. The van der Waals surface area contributed by atoms with Crippen LogP contribution in [-0.4, -0.2) is 43.5 Å².